The fraction of sp³-hybridized carbons (Fsp3) is 0.211. The summed E-state index contributed by atoms with van der Waals surface area (Å²) < 4.78 is 1.09. The number of carbonyl (C=O) groups excluding carboxylic acids is 1. The number of nitrogens with zero attached hydrogens (tertiary/aromatic N) is 2. The first-order valence-electron chi connectivity index (χ1n) is 8.16. The van der Waals surface area contributed by atoms with E-state index in [2.05, 4.69) is 11.1 Å². The van der Waals surface area contributed by atoms with Crippen molar-refractivity contribution in [1.29, 1.82) is 0 Å². The van der Waals surface area contributed by atoms with Crippen molar-refractivity contribution in [2.45, 2.75) is 30.0 Å². The van der Waals surface area contributed by atoms with Crippen LogP contribution in [0.3, 0.4) is 0 Å². The summed E-state index contributed by atoms with van der Waals surface area (Å²) in [6.45, 7) is 2.39. The quantitative estimate of drug-likeness (QED) is 0.734. The second kappa shape index (κ2) is 6.74. The summed E-state index contributed by atoms with van der Waals surface area (Å²) in [4.78, 5) is 31.3. The summed E-state index contributed by atoms with van der Waals surface area (Å²) >= 11 is 2.89. The van der Waals surface area contributed by atoms with Gasteiger partial charge in [0.25, 0.3) is 0 Å². The summed E-state index contributed by atoms with van der Waals surface area (Å²) in [5.74, 6) is -1.14. The van der Waals surface area contributed by atoms with E-state index in [4.69, 9.17) is 5.11 Å². The average Bonchev–Trinajstić information content (AvgIpc) is 2.99. The Kier molecular flexibility index (Phi) is 4.42. The molecular weight excluding hydrogens is 368 g/mol. The number of aliphatic carboxylic acids is 1. The van der Waals surface area contributed by atoms with Gasteiger partial charge in [-0.05, 0) is 36.8 Å². The SMILES string of the molecule is Cc1ccc2nc(CN3C(=O)C(CC(=O)O)Sc4ccccc43)sc2c1. The molecule has 132 valence electrons. The molecule has 1 atom stereocenters. The molecule has 7 heteroatoms. The largest absolute Gasteiger partial charge is 0.481 e. The second-order valence-corrected chi connectivity index (χ2v) is 8.54. The standard InChI is InChI=1S/C19H16N2O3S2/c1-11-6-7-12-15(8-11)26-17(20-12)10-21-13-4-2-3-5-14(13)25-16(19(21)24)9-18(22)23/h2-8,16H,9-10H2,1H3,(H,22,23). The molecule has 0 saturated carbocycles. The van der Waals surface area contributed by atoms with E-state index >= 15 is 0 Å². The number of amides is 1. The zero-order valence-corrected chi connectivity index (χ0v) is 15.6. The Bertz CT molecular complexity index is 1010. The molecule has 2 aromatic carbocycles. The maximum absolute atomic E-state index is 12.9. The van der Waals surface area contributed by atoms with Crippen LogP contribution in [0.2, 0.25) is 0 Å². The van der Waals surface area contributed by atoms with Crippen LogP contribution in [0.25, 0.3) is 10.2 Å². The molecule has 0 spiro atoms. The molecule has 2 heterocycles. The van der Waals surface area contributed by atoms with E-state index in [1.54, 1.807) is 16.2 Å². The predicted molar refractivity (Wildman–Crippen MR) is 104 cm³/mol. The summed E-state index contributed by atoms with van der Waals surface area (Å²) in [7, 11) is 0. The smallest absolute Gasteiger partial charge is 0.305 e. The number of aromatic nitrogens is 1. The summed E-state index contributed by atoms with van der Waals surface area (Å²) in [5.41, 5.74) is 2.91. The lowest BCUT2D eigenvalue weighted by atomic mass is 10.2. The number of benzene rings is 2. The number of thiazole rings is 1. The Morgan fingerprint density at radius 2 is 2.08 bits per heavy atom. The van der Waals surface area contributed by atoms with Gasteiger partial charge in [-0.25, -0.2) is 4.98 Å². The lowest BCUT2D eigenvalue weighted by Crippen LogP contribution is -2.41. The number of rotatable bonds is 4. The van der Waals surface area contributed by atoms with Gasteiger partial charge in [0, 0.05) is 4.90 Å². The van der Waals surface area contributed by atoms with Crippen molar-refractivity contribution < 1.29 is 14.7 Å². The highest BCUT2D eigenvalue weighted by molar-refractivity contribution is 8.01. The van der Waals surface area contributed by atoms with Crippen LogP contribution in [0.15, 0.2) is 47.4 Å². The Hall–Kier alpha value is -2.38. The number of carboxylic acid groups (broad SMARTS) is 1. The first-order chi connectivity index (χ1) is 12.5. The van der Waals surface area contributed by atoms with E-state index in [1.165, 1.54) is 17.3 Å². The van der Waals surface area contributed by atoms with Crippen molar-refractivity contribution in [2.75, 3.05) is 4.90 Å². The van der Waals surface area contributed by atoms with E-state index in [0.717, 1.165) is 25.8 Å². The van der Waals surface area contributed by atoms with E-state index in [0.29, 0.717) is 6.54 Å². The third-order valence-corrected chi connectivity index (χ3v) is 6.46. The van der Waals surface area contributed by atoms with Crippen molar-refractivity contribution in [3.63, 3.8) is 0 Å². The lowest BCUT2D eigenvalue weighted by molar-refractivity contribution is -0.138. The van der Waals surface area contributed by atoms with Gasteiger partial charge in [-0.3, -0.25) is 9.59 Å². The topological polar surface area (TPSA) is 70.5 Å². The van der Waals surface area contributed by atoms with Crippen LogP contribution in [-0.2, 0) is 16.1 Å². The highest BCUT2D eigenvalue weighted by Gasteiger charge is 2.35. The molecule has 1 amide bonds. The molecule has 1 aliphatic rings. The molecule has 1 N–H and O–H groups in total. The van der Waals surface area contributed by atoms with Crippen molar-refractivity contribution in [3.8, 4) is 0 Å². The maximum atomic E-state index is 12.9. The fourth-order valence-corrected chi connectivity index (χ4v) is 5.28. The van der Waals surface area contributed by atoms with Crippen LogP contribution in [0.5, 0.6) is 0 Å². The zero-order chi connectivity index (χ0) is 18.3. The van der Waals surface area contributed by atoms with Gasteiger partial charge in [-0.1, -0.05) is 18.2 Å². The molecule has 1 aromatic heterocycles. The lowest BCUT2D eigenvalue weighted by Gasteiger charge is -2.32. The number of anilines is 1. The van der Waals surface area contributed by atoms with Gasteiger partial charge in [0.1, 0.15) is 5.01 Å². The Morgan fingerprint density at radius 3 is 2.88 bits per heavy atom. The molecule has 0 bridgehead atoms. The van der Waals surface area contributed by atoms with Gasteiger partial charge in [-0.2, -0.15) is 0 Å². The number of fused-ring (bicyclic) bond motifs is 2. The molecular formula is C19H16N2O3S2. The molecule has 5 nitrogen and oxygen atoms in total. The minimum Gasteiger partial charge on any atom is -0.481 e. The van der Waals surface area contributed by atoms with Crippen LogP contribution in [-0.4, -0.2) is 27.2 Å². The molecule has 1 aliphatic heterocycles. The first kappa shape index (κ1) is 17.1. The number of carbonyl (C=O) groups is 2. The van der Waals surface area contributed by atoms with Crippen molar-refractivity contribution in [3.05, 3.63) is 53.0 Å². The fourth-order valence-electron chi connectivity index (χ4n) is 3.01. The maximum Gasteiger partial charge on any atom is 0.305 e. The number of hydrogen-bond acceptors (Lipinski definition) is 5. The van der Waals surface area contributed by atoms with E-state index in [-0.39, 0.29) is 12.3 Å². The minimum atomic E-state index is -0.967. The van der Waals surface area contributed by atoms with Crippen LogP contribution in [0.4, 0.5) is 5.69 Å². The van der Waals surface area contributed by atoms with Crippen LogP contribution >= 0.6 is 23.1 Å². The third-order valence-electron chi connectivity index (χ3n) is 4.21. The molecule has 0 radical (unpaired) electrons. The number of aryl methyl sites for hydroxylation is 1. The number of carboxylic acids is 1. The highest BCUT2D eigenvalue weighted by atomic mass is 32.2. The van der Waals surface area contributed by atoms with Gasteiger partial charge < -0.3 is 10.0 Å². The predicted octanol–water partition coefficient (Wildman–Crippen LogP) is 4.09. The Morgan fingerprint density at radius 1 is 1.27 bits per heavy atom. The van der Waals surface area contributed by atoms with Gasteiger partial charge in [0.05, 0.1) is 34.1 Å². The molecule has 0 aliphatic carbocycles. The summed E-state index contributed by atoms with van der Waals surface area (Å²) in [6, 6.07) is 13.7. The monoisotopic (exact) mass is 384 g/mol. The average molecular weight is 384 g/mol. The number of para-hydroxylation sites is 1. The number of hydrogen-bond donors (Lipinski definition) is 1. The second-order valence-electron chi connectivity index (χ2n) is 6.18. The normalized spacial score (nSPS) is 16.7. The molecule has 0 saturated heterocycles. The van der Waals surface area contributed by atoms with Gasteiger partial charge >= 0.3 is 5.97 Å². The Balaban J connectivity index is 1.70. The van der Waals surface area contributed by atoms with Crippen LogP contribution in [0.1, 0.15) is 17.0 Å². The minimum absolute atomic E-state index is 0.175. The summed E-state index contributed by atoms with van der Waals surface area (Å²) in [6.07, 6.45) is -0.187. The van der Waals surface area contributed by atoms with Gasteiger partial charge in [0.15, 0.2) is 0 Å². The summed E-state index contributed by atoms with van der Waals surface area (Å²) in [5, 5.41) is 9.36. The Labute approximate surface area is 158 Å². The number of thioether (sulfide) groups is 1. The molecule has 26 heavy (non-hydrogen) atoms. The van der Waals surface area contributed by atoms with Crippen molar-refractivity contribution in [1.82, 2.24) is 4.98 Å². The van der Waals surface area contributed by atoms with E-state index in [9.17, 15) is 9.59 Å². The molecule has 0 fully saturated rings. The van der Waals surface area contributed by atoms with Crippen molar-refractivity contribution >= 4 is 50.9 Å². The molecule has 3 aromatic rings. The van der Waals surface area contributed by atoms with Gasteiger partial charge in [-0.15, -0.1) is 23.1 Å². The van der Waals surface area contributed by atoms with Gasteiger partial charge in [0.2, 0.25) is 5.91 Å². The molecule has 1 unspecified atom stereocenters. The third kappa shape index (κ3) is 3.20. The van der Waals surface area contributed by atoms with E-state index < -0.39 is 11.2 Å². The highest BCUT2D eigenvalue weighted by Crippen LogP contribution is 2.41. The molecule has 4 rings (SSSR count). The van der Waals surface area contributed by atoms with Crippen molar-refractivity contribution in [2.24, 2.45) is 0 Å². The first-order valence-corrected chi connectivity index (χ1v) is 9.86. The van der Waals surface area contributed by atoms with E-state index in [1.807, 2.05) is 43.3 Å². The zero-order valence-electron chi connectivity index (χ0n) is 14.0. The van der Waals surface area contributed by atoms with Crippen LogP contribution in [0, 0.1) is 6.92 Å². The van der Waals surface area contributed by atoms with Crippen LogP contribution < -0.4 is 4.90 Å².